The van der Waals surface area contributed by atoms with E-state index in [9.17, 15) is 14.4 Å². The second-order valence-corrected chi connectivity index (χ2v) is 7.52. The van der Waals surface area contributed by atoms with E-state index in [1.165, 1.54) is 0 Å². The summed E-state index contributed by atoms with van der Waals surface area (Å²) >= 11 is 0. The lowest BCUT2D eigenvalue weighted by Gasteiger charge is -2.15. The maximum absolute atomic E-state index is 12.0. The third-order valence-electron chi connectivity index (χ3n) is 4.79. The molecule has 0 radical (unpaired) electrons. The van der Waals surface area contributed by atoms with Crippen LogP contribution in [0.3, 0.4) is 0 Å². The molecule has 1 N–H and O–H groups in total. The van der Waals surface area contributed by atoms with Crippen LogP contribution in [0.2, 0.25) is 0 Å². The highest BCUT2D eigenvalue weighted by atomic mass is 16.5. The number of carboxylic acid groups (broad SMARTS) is 1. The van der Waals surface area contributed by atoms with Crippen molar-refractivity contribution in [3.05, 3.63) is 29.8 Å². The highest BCUT2D eigenvalue weighted by Crippen LogP contribution is 2.23. The van der Waals surface area contributed by atoms with Gasteiger partial charge in [0.05, 0.1) is 19.6 Å². The quantitative estimate of drug-likeness (QED) is 0.477. The molecule has 1 heterocycles. The van der Waals surface area contributed by atoms with Gasteiger partial charge in [0.2, 0.25) is 5.91 Å². The van der Waals surface area contributed by atoms with Crippen LogP contribution >= 0.6 is 0 Å². The van der Waals surface area contributed by atoms with Crippen LogP contribution in [0.1, 0.15) is 78.2 Å². The van der Waals surface area contributed by atoms with Crippen molar-refractivity contribution >= 4 is 23.4 Å². The van der Waals surface area contributed by atoms with Gasteiger partial charge >= 0.3 is 5.97 Å². The largest absolute Gasteiger partial charge is 0.493 e. The summed E-state index contributed by atoms with van der Waals surface area (Å²) in [6.45, 7) is 8.94. The standard InChI is InChI=1S/C16H22N2O2.C8H14O3/c1-3-7-14-11-16(19)18(17-14)12-13-8-5-6-9-15(13)20-10-4-2;1-3-5-7(9)6(4-2)8(10)11/h5-6,8-9H,3-4,7,10-12H2,1-2H3;6H,3-5H2,1-2H3,(H,10,11). The average molecular weight is 433 g/mol. The highest BCUT2D eigenvalue weighted by Gasteiger charge is 2.24. The van der Waals surface area contributed by atoms with Crippen LogP contribution in [0.15, 0.2) is 29.4 Å². The molecular weight excluding hydrogens is 396 g/mol. The van der Waals surface area contributed by atoms with E-state index in [-0.39, 0.29) is 11.7 Å². The Labute approximate surface area is 185 Å². The van der Waals surface area contributed by atoms with Gasteiger partial charge in [0, 0.05) is 17.7 Å². The molecule has 31 heavy (non-hydrogen) atoms. The molecule has 0 saturated carbocycles. The molecule has 1 amide bonds. The summed E-state index contributed by atoms with van der Waals surface area (Å²) in [5, 5.41) is 14.5. The van der Waals surface area contributed by atoms with E-state index in [0.717, 1.165) is 42.7 Å². The van der Waals surface area contributed by atoms with Gasteiger partial charge in [0.1, 0.15) is 17.5 Å². The van der Waals surface area contributed by atoms with E-state index in [2.05, 4.69) is 18.9 Å². The van der Waals surface area contributed by atoms with Crippen molar-refractivity contribution in [2.24, 2.45) is 11.0 Å². The lowest BCUT2D eigenvalue weighted by molar-refractivity contribution is -0.146. The molecule has 1 aliphatic heterocycles. The van der Waals surface area contributed by atoms with E-state index in [4.69, 9.17) is 9.84 Å². The second-order valence-electron chi connectivity index (χ2n) is 7.52. The minimum absolute atomic E-state index is 0.0822. The number of para-hydroxylation sites is 1. The van der Waals surface area contributed by atoms with Gasteiger partial charge in [0.15, 0.2) is 0 Å². The number of benzene rings is 1. The van der Waals surface area contributed by atoms with Gasteiger partial charge in [-0.05, 0) is 31.7 Å². The number of hydrogen-bond acceptors (Lipinski definition) is 5. The van der Waals surface area contributed by atoms with Crippen molar-refractivity contribution in [1.29, 1.82) is 0 Å². The molecule has 0 bridgehead atoms. The van der Waals surface area contributed by atoms with E-state index < -0.39 is 11.9 Å². The fourth-order valence-electron chi connectivity index (χ4n) is 3.19. The summed E-state index contributed by atoms with van der Waals surface area (Å²) in [6, 6.07) is 7.85. The summed E-state index contributed by atoms with van der Waals surface area (Å²) in [5.41, 5.74) is 2.00. The SMILES string of the molecule is CCCC(=O)C(CC)C(=O)O.CCCOc1ccccc1CN1N=C(CCC)CC1=O. The summed E-state index contributed by atoms with van der Waals surface area (Å²) < 4.78 is 5.72. The zero-order valence-electron chi connectivity index (χ0n) is 19.2. The predicted molar refractivity (Wildman–Crippen MR) is 121 cm³/mol. The Morgan fingerprint density at radius 3 is 2.42 bits per heavy atom. The molecule has 0 fully saturated rings. The number of amides is 1. The lowest BCUT2D eigenvalue weighted by atomic mass is 9.98. The number of ether oxygens (including phenoxy) is 1. The van der Waals surface area contributed by atoms with Crippen molar-refractivity contribution in [3.63, 3.8) is 0 Å². The van der Waals surface area contributed by atoms with Crippen LogP contribution in [0.25, 0.3) is 0 Å². The normalized spacial score (nSPS) is 13.9. The molecular formula is C24H36N2O5. The second kappa shape index (κ2) is 14.3. The monoisotopic (exact) mass is 432 g/mol. The molecule has 1 aromatic rings. The molecule has 2 rings (SSSR count). The number of nitrogens with zero attached hydrogens (tertiary/aromatic N) is 2. The molecule has 1 atom stereocenters. The van der Waals surface area contributed by atoms with Gasteiger partial charge in [-0.1, -0.05) is 52.3 Å². The molecule has 1 aromatic carbocycles. The van der Waals surface area contributed by atoms with Crippen LogP contribution in [-0.4, -0.2) is 40.1 Å². The van der Waals surface area contributed by atoms with Crippen molar-refractivity contribution in [3.8, 4) is 5.75 Å². The molecule has 7 nitrogen and oxygen atoms in total. The van der Waals surface area contributed by atoms with Crippen molar-refractivity contribution in [2.75, 3.05) is 6.61 Å². The molecule has 0 saturated heterocycles. The Morgan fingerprint density at radius 1 is 1.13 bits per heavy atom. The van der Waals surface area contributed by atoms with Crippen molar-refractivity contribution in [1.82, 2.24) is 5.01 Å². The molecule has 0 spiro atoms. The van der Waals surface area contributed by atoms with Gasteiger partial charge < -0.3 is 9.84 Å². The fraction of sp³-hybridized carbons (Fsp3) is 0.583. The number of hydrogen-bond donors (Lipinski definition) is 1. The van der Waals surface area contributed by atoms with Crippen LogP contribution in [0.5, 0.6) is 5.75 Å². The Kier molecular flexibility index (Phi) is 12.2. The smallest absolute Gasteiger partial charge is 0.314 e. The number of carbonyl (C=O) groups is 3. The average Bonchev–Trinajstić information content (AvgIpc) is 3.07. The van der Waals surface area contributed by atoms with E-state index in [1.807, 2.05) is 31.2 Å². The molecule has 0 aliphatic carbocycles. The minimum atomic E-state index is -0.994. The van der Waals surface area contributed by atoms with E-state index >= 15 is 0 Å². The van der Waals surface area contributed by atoms with E-state index in [1.54, 1.807) is 11.9 Å². The first-order valence-electron chi connectivity index (χ1n) is 11.2. The number of carboxylic acids is 1. The summed E-state index contributed by atoms with van der Waals surface area (Å²) in [7, 11) is 0. The Bertz CT molecular complexity index is 760. The zero-order valence-corrected chi connectivity index (χ0v) is 19.2. The van der Waals surface area contributed by atoms with Crippen LogP contribution in [-0.2, 0) is 20.9 Å². The van der Waals surface area contributed by atoms with E-state index in [0.29, 0.717) is 32.4 Å². The number of carbonyl (C=O) groups excluding carboxylic acids is 2. The lowest BCUT2D eigenvalue weighted by Crippen LogP contribution is -2.22. The zero-order chi connectivity index (χ0) is 23.2. The van der Waals surface area contributed by atoms with Gasteiger partial charge in [0.25, 0.3) is 0 Å². The summed E-state index contributed by atoms with van der Waals surface area (Å²) in [6.07, 6.45) is 4.86. The predicted octanol–water partition coefficient (Wildman–Crippen LogP) is 4.83. The third kappa shape index (κ3) is 8.90. The highest BCUT2D eigenvalue weighted by molar-refractivity contribution is 6.04. The molecule has 1 aliphatic rings. The van der Waals surface area contributed by atoms with Crippen molar-refractivity contribution < 1.29 is 24.2 Å². The fourth-order valence-corrected chi connectivity index (χ4v) is 3.19. The van der Waals surface area contributed by atoms with Crippen molar-refractivity contribution in [2.45, 2.75) is 79.2 Å². The van der Waals surface area contributed by atoms with Gasteiger partial charge in [-0.2, -0.15) is 5.10 Å². The Morgan fingerprint density at radius 2 is 1.84 bits per heavy atom. The summed E-state index contributed by atoms with van der Waals surface area (Å²) in [5.74, 6) is -0.997. The Hall–Kier alpha value is -2.70. The number of rotatable bonds is 12. The first kappa shape index (κ1) is 26.3. The number of ketones is 1. The minimum Gasteiger partial charge on any atom is -0.493 e. The van der Waals surface area contributed by atoms with Gasteiger partial charge in [-0.15, -0.1) is 0 Å². The molecule has 0 aromatic heterocycles. The van der Waals surface area contributed by atoms with Crippen LogP contribution in [0.4, 0.5) is 0 Å². The first-order chi connectivity index (χ1) is 14.9. The van der Waals surface area contributed by atoms with Crippen LogP contribution in [0, 0.1) is 5.92 Å². The molecule has 1 unspecified atom stereocenters. The molecule has 7 heteroatoms. The number of Topliss-reactive ketones (excluding diaryl/α,β-unsaturated/α-hetero) is 1. The summed E-state index contributed by atoms with van der Waals surface area (Å²) in [4.78, 5) is 33.4. The number of aliphatic carboxylic acids is 1. The first-order valence-corrected chi connectivity index (χ1v) is 11.2. The third-order valence-corrected chi connectivity index (χ3v) is 4.79. The van der Waals surface area contributed by atoms with Gasteiger partial charge in [-0.3, -0.25) is 14.4 Å². The topological polar surface area (TPSA) is 96.3 Å². The maximum atomic E-state index is 12.0. The molecule has 172 valence electrons. The van der Waals surface area contributed by atoms with Gasteiger partial charge in [-0.25, -0.2) is 5.01 Å². The Balaban J connectivity index is 0.000000373. The number of hydrazone groups is 1. The van der Waals surface area contributed by atoms with Crippen LogP contribution < -0.4 is 4.74 Å². The maximum Gasteiger partial charge on any atom is 0.314 e.